The third-order valence-electron chi connectivity index (χ3n) is 4.18. The van der Waals surface area contributed by atoms with Crippen LogP contribution in [0.2, 0.25) is 0 Å². The predicted octanol–water partition coefficient (Wildman–Crippen LogP) is 2.58. The van der Waals surface area contributed by atoms with E-state index in [0.717, 1.165) is 37.6 Å². The Morgan fingerprint density at radius 1 is 1.15 bits per heavy atom. The Balaban J connectivity index is 0.000000444. The maximum atomic E-state index is 12.2. The molecule has 2 aliphatic rings. The van der Waals surface area contributed by atoms with Crippen molar-refractivity contribution in [3.05, 3.63) is 29.3 Å². The van der Waals surface area contributed by atoms with Crippen LogP contribution in [0.3, 0.4) is 0 Å². The van der Waals surface area contributed by atoms with Crippen LogP contribution in [0.1, 0.15) is 44.9 Å². The maximum absolute atomic E-state index is 12.2. The molecule has 0 amide bonds. The second kappa shape index (κ2) is 10.4. The third-order valence-corrected chi connectivity index (χ3v) is 7.65. The molecule has 1 N–H and O–H groups in total. The molecule has 27 heavy (non-hydrogen) atoms. The van der Waals surface area contributed by atoms with Gasteiger partial charge in [-0.15, -0.1) is 17.1 Å². The SMILES string of the molecule is C1COCCO1.CC(N[S+]([O-])C(C)(C)C)c1cccc2c1CCS2(=O)=O.Cl. The van der Waals surface area contributed by atoms with Gasteiger partial charge >= 0.3 is 0 Å². The van der Waals surface area contributed by atoms with Crippen molar-refractivity contribution in [3.63, 3.8) is 0 Å². The van der Waals surface area contributed by atoms with Crippen LogP contribution in [0.4, 0.5) is 0 Å². The molecule has 156 valence electrons. The van der Waals surface area contributed by atoms with Crippen molar-refractivity contribution in [2.45, 2.75) is 49.8 Å². The number of benzene rings is 1. The largest absolute Gasteiger partial charge is 0.598 e. The first-order chi connectivity index (χ1) is 12.1. The summed E-state index contributed by atoms with van der Waals surface area (Å²) >= 11 is -1.18. The summed E-state index contributed by atoms with van der Waals surface area (Å²) in [5.74, 6) is 0.175. The summed E-state index contributed by atoms with van der Waals surface area (Å²) in [5.41, 5.74) is 1.81. The highest BCUT2D eigenvalue weighted by molar-refractivity contribution is 7.91. The summed E-state index contributed by atoms with van der Waals surface area (Å²) in [6.07, 6.45) is 0.544. The quantitative estimate of drug-likeness (QED) is 0.728. The molecule has 6 nitrogen and oxygen atoms in total. The molecule has 1 saturated heterocycles. The Bertz CT molecular complexity index is 691. The molecule has 2 atom stereocenters. The van der Waals surface area contributed by atoms with E-state index in [-0.39, 0.29) is 28.9 Å². The van der Waals surface area contributed by atoms with Crippen molar-refractivity contribution >= 4 is 33.6 Å². The zero-order chi connectivity index (χ0) is 19.4. The second-order valence-corrected chi connectivity index (χ2v) is 11.4. The van der Waals surface area contributed by atoms with Crippen LogP contribution in [-0.2, 0) is 37.1 Å². The van der Waals surface area contributed by atoms with Gasteiger partial charge in [-0.2, -0.15) is 0 Å². The summed E-state index contributed by atoms with van der Waals surface area (Å²) in [4.78, 5) is 0.435. The number of sulfone groups is 1. The molecule has 3 rings (SSSR count). The fraction of sp³-hybridized carbons (Fsp3) is 0.667. The second-order valence-electron chi connectivity index (χ2n) is 7.34. The van der Waals surface area contributed by atoms with Gasteiger partial charge in [0.1, 0.15) is 4.75 Å². The first-order valence-corrected chi connectivity index (χ1v) is 11.6. The maximum Gasteiger partial charge on any atom is 0.178 e. The Labute approximate surface area is 172 Å². The van der Waals surface area contributed by atoms with E-state index in [0.29, 0.717) is 11.3 Å². The van der Waals surface area contributed by atoms with Crippen molar-refractivity contribution < 1.29 is 22.4 Å². The average molecular weight is 440 g/mol. The molecule has 2 heterocycles. The van der Waals surface area contributed by atoms with E-state index >= 15 is 0 Å². The highest BCUT2D eigenvalue weighted by Gasteiger charge is 2.32. The Morgan fingerprint density at radius 2 is 1.70 bits per heavy atom. The zero-order valence-electron chi connectivity index (χ0n) is 16.3. The van der Waals surface area contributed by atoms with Crippen LogP contribution in [0.25, 0.3) is 0 Å². The van der Waals surface area contributed by atoms with E-state index in [1.807, 2.05) is 33.8 Å². The first-order valence-electron chi connectivity index (χ1n) is 8.81. The molecular formula is C18H30ClNO5S2. The number of nitrogens with one attached hydrogen (secondary N) is 1. The Morgan fingerprint density at radius 3 is 2.19 bits per heavy atom. The Hall–Kier alpha value is -0.350. The van der Waals surface area contributed by atoms with Gasteiger partial charge < -0.3 is 14.0 Å². The Kier molecular flexibility index (Phi) is 9.54. The lowest BCUT2D eigenvalue weighted by Crippen LogP contribution is -2.40. The molecule has 2 aliphatic heterocycles. The fourth-order valence-corrected chi connectivity index (χ4v) is 5.11. The molecule has 0 saturated carbocycles. The average Bonchev–Trinajstić information content (AvgIpc) is 2.91. The summed E-state index contributed by atoms with van der Waals surface area (Å²) in [5, 5.41) is 0. The number of hydrogen-bond acceptors (Lipinski definition) is 6. The minimum atomic E-state index is -3.12. The molecule has 0 bridgehead atoms. The van der Waals surface area contributed by atoms with E-state index in [2.05, 4.69) is 4.72 Å². The summed E-state index contributed by atoms with van der Waals surface area (Å²) in [6.45, 7) is 10.7. The highest BCUT2D eigenvalue weighted by Crippen LogP contribution is 2.32. The van der Waals surface area contributed by atoms with E-state index in [1.54, 1.807) is 12.1 Å². The lowest BCUT2D eigenvalue weighted by molar-refractivity contribution is -0.0334. The molecule has 0 spiro atoms. The van der Waals surface area contributed by atoms with E-state index < -0.39 is 21.2 Å². The van der Waals surface area contributed by atoms with Gasteiger partial charge in [0.25, 0.3) is 0 Å². The molecule has 1 aromatic carbocycles. The van der Waals surface area contributed by atoms with Crippen LogP contribution in [0.5, 0.6) is 0 Å². The van der Waals surface area contributed by atoms with Crippen molar-refractivity contribution in [1.82, 2.24) is 4.72 Å². The molecule has 0 aromatic heterocycles. The standard InChI is InChI=1S/C14H21NO3S2.C4H8O2.ClH/c1-10(15-19(16)14(2,3)4)11-6-5-7-13-12(11)8-9-20(13,17)18;1-2-6-4-3-5-1;/h5-7,10,15H,8-9H2,1-4H3;1-4H2;1H. The van der Waals surface area contributed by atoms with Crippen molar-refractivity contribution in [2.75, 3.05) is 32.2 Å². The molecule has 1 aromatic rings. The van der Waals surface area contributed by atoms with Gasteiger partial charge in [0.2, 0.25) is 0 Å². The smallest absolute Gasteiger partial charge is 0.178 e. The van der Waals surface area contributed by atoms with Crippen LogP contribution in [0.15, 0.2) is 23.1 Å². The minimum absolute atomic E-state index is 0. The number of fused-ring (bicyclic) bond motifs is 1. The van der Waals surface area contributed by atoms with Crippen LogP contribution in [-0.4, -0.2) is 49.9 Å². The summed E-state index contributed by atoms with van der Waals surface area (Å²) < 4.78 is 48.6. The molecular weight excluding hydrogens is 410 g/mol. The first kappa shape index (κ1) is 24.7. The highest BCUT2D eigenvalue weighted by atomic mass is 35.5. The van der Waals surface area contributed by atoms with E-state index in [4.69, 9.17) is 9.47 Å². The van der Waals surface area contributed by atoms with Gasteiger partial charge in [-0.1, -0.05) is 12.1 Å². The van der Waals surface area contributed by atoms with Crippen LogP contribution >= 0.6 is 12.4 Å². The monoisotopic (exact) mass is 439 g/mol. The molecule has 0 aliphatic carbocycles. The molecule has 1 fully saturated rings. The number of rotatable bonds is 3. The third kappa shape index (κ3) is 6.88. The fourth-order valence-electron chi connectivity index (χ4n) is 2.73. The summed E-state index contributed by atoms with van der Waals surface area (Å²) in [6, 6.07) is 5.19. The zero-order valence-corrected chi connectivity index (χ0v) is 18.8. The van der Waals surface area contributed by atoms with Gasteiger partial charge in [0, 0.05) is 11.4 Å². The van der Waals surface area contributed by atoms with Gasteiger partial charge in [0.05, 0.1) is 43.1 Å². The minimum Gasteiger partial charge on any atom is -0.598 e. The molecule has 9 heteroatoms. The van der Waals surface area contributed by atoms with E-state index in [9.17, 15) is 13.0 Å². The van der Waals surface area contributed by atoms with Crippen LogP contribution in [0, 0.1) is 0 Å². The van der Waals surface area contributed by atoms with Crippen LogP contribution < -0.4 is 4.72 Å². The van der Waals surface area contributed by atoms with Gasteiger partial charge in [0.15, 0.2) is 9.84 Å². The summed E-state index contributed by atoms with van der Waals surface area (Å²) in [7, 11) is -3.12. The number of ether oxygens (including phenoxy) is 2. The lowest BCUT2D eigenvalue weighted by Gasteiger charge is -2.27. The van der Waals surface area contributed by atoms with Gasteiger partial charge in [-0.05, 0) is 51.3 Å². The van der Waals surface area contributed by atoms with Gasteiger partial charge in [-0.3, -0.25) is 0 Å². The molecule has 0 radical (unpaired) electrons. The molecule has 2 unspecified atom stereocenters. The topological polar surface area (TPSA) is 87.7 Å². The predicted molar refractivity (Wildman–Crippen MR) is 111 cm³/mol. The lowest BCUT2D eigenvalue weighted by atomic mass is 10.0. The number of halogens is 1. The van der Waals surface area contributed by atoms with E-state index in [1.165, 1.54) is 0 Å². The van der Waals surface area contributed by atoms with Gasteiger partial charge in [-0.25, -0.2) is 8.42 Å². The van der Waals surface area contributed by atoms with Crippen molar-refractivity contribution in [2.24, 2.45) is 0 Å². The van der Waals surface area contributed by atoms with Crippen molar-refractivity contribution in [1.29, 1.82) is 0 Å². The van der Waals surface area contributed by atoms with Crippen molar-refractivity contribution in [3.8, 4) is 0 Å². The number of hydrogen-bond donors (Lipinski definition) is 1. The normalized spacial score (nSPS) is 20.5.